The van der Waals surface area contributed by atoms with Gasteiger partial charge < -0.3 is 4.74 Å². The zero-order chi connectivity index (χ0) is 14.7. The highest BCUT2D eigenvalue weighted by atomic mass is 19.1. The zero-order valence-electron chi connectivity index (χ0n) is 11.6. The van der Waals surface area contributed by atoms with Crippen molar-refractivity contribution < 1.29 is 9.13 Å². The van der Waals surface area contributed by atoms with Crippen molar-refractivity contribution in [3.05, 3.63) is 72.3 Å². The van der Waals surface area contributed by atoms with E-state index in [9.17, 15) is 4.39 Å². The number of aromatic amines is 1. The van der Waals surface area contributed by atoms with Gasteiger partial charge in [-0.15, -0.1) is 0 Å². The summed E-state index contributed by atoms with van der Waals surface area (Å²) >= 11 is 0. The molecule has 3 nitrogen and oxygen atoms in total. The monoisotopic (exact) mass is 282 g/mol. The minimum atomic E-state index is -0.296. The first-order valence-electron chi connectivity index (χ1n) is 6.75. The Labute approximate surface area is 122 Å². The van der Waals surface area contributed by atoms with Crippen LogP contribution in [0.1, 0.15) is 18.7 Å². The average Bonchev–Trinajstić information content (AvgIpc) is 3.02. The smallest absolute Gasteiger partial charge is 0.137 e. The molecule has 1 atom stereocenters. The molecule has 1 unspecified atom stereocenters. The fourth-order valence-electron chi connectivity index (χ4n) is 2.18. The molecule has 3 aromatic rings. The lowest BCUT2D eigenvalue weighted by Gasteiger charge is -2.14. The Bertz CT molecular complexity index is 711. The van der Waals surface area contributed by atoms with Crippen LogP contribution in [0.5, 0.6) is 5.75 Å². The Morgan fingerprint density at radius 2 is 1.90 bits per heavy atom. The van der Waals surface area contributed by atoms with Crippen LogP contribution in [0.3, 0.4) is 0 Å². The minimum absolute atomic E-state index is 0.213. The fourth-order valence-corrected chi connectivity index (χ4v) is 2.18. The highest BCUT2D eigenvalue weighted by molar-refractivity contribution is 5.64. The molecule has 2 aromatic carbocycles. The van der Waals surface area contributed by atoms with Gasteiger partial charge in [0.25, 0.3) is 0 Å². The second-order valence-corrected chi connectivity index (χ2v) is 4.78. The second-order valence-electron chi connectivity index (χ2n) is 4.78. The predicted molar refractivity (Wildman–Crippen MR) is 79.5 cm³/mol. The highest BCUT2D eigenvalue weighted by Crippen LogP contribution is 2.28. The van der Waals surface area contributed by atoms with Gasteiger partial charge in [0.15, 0.2) is 0 Å². The van der Waals surface area contributed by atoms with E-state index in [0.717, 1.165) is 11.3 Å². The first-order valence-corrected chi connectivity index (χ1v) is 6.75. The normalized spacial score (nSPS) is 12.1. The number of rotatable bonds is 4. The molecule has 21 heavy (non-hydrogen) atoms. The lowest BCUT2D eigenvalue weighted by molar-refractivity contribution is 0.221. The lowest BCUT2D eigenvalue weighted by Crippen LogP contribution is -2.04. The Morgan fingerprint density at radius 1 is 1.10 bits per heavy atom. The van der Waals surface area contributed by atoms with Gasteiger partial charge in [-0.2, -0.15) is 5.10 Å². The molecule has 0 saturated carbocycles. The van der Waals surface area contributed by atoms with Gasteiger partial charge in [-0.25, -0.2) is 4.39 Å². The summed E-state index contributed by atoms with van der Waals surface area (Å²) in [6.45, 7) is 1.89. The Kier molecular flexibility index (Phi) is 3.69. The van der Waals surface area contributed by atoms with Crippen molar-refractivity contribution in [1.29, 1.82) is 0 Å². The number of halogens is 1. The molecule has 106 valence electrons. The number of benzene rings is 2. The molecule has 1 heterocycles. The Hall–Kier alpha value is -2.62. The third kappa shape index (κ3) is 2.94. The summed E-state index contributed by atoms with van der Waals surface area (Å²) < 4.78 is 19.9. The van der Waals surface area contributed by atoms with Gasteiger partial charge in [-0.3, -0.25) is 5.10 Å². The van der Waals surface area contributed by atoms with Crippen LogP contribution in [0.4, 0.5) is 4.39 Å². The second kappa shape index (κ2) is 5.79. The van der Waals surface area contributed by atoms with E-state index in [-0.39, 0.29) is 11.9 Å². The van der Waals surface area contributed by atoms with Crippen LogP contribution >= 0.6 is 0 Å². The van der Waals surface area contributed by atoms with Crippen LogP contribution in [-0.2, 0) is 0 Å². The van der Waals surface area contributed by atoms with Gasteiger partial charge in [-0.05, 0) is 30.7 Å². The number of nitrogens with one attached hydrogen (secondary N) is 1. The number of ether oxygens (including phenoxy) is 1. The maximum Gasteiger partial charge on any atom is 0.137 e. The molecule has 0 amide bonds. The topological polar surface area (TPSA) is 37.9 Å². The summed E-state index contributed by atoms with van der Waals surface area (Å²) in [5, 5.41) is 6.72. The van der Waals surface area contributed by atoms with E-state index in [1.807, 2.05) is 43.3 Å². The maximum atomic E-state index is 14.2. The van der Waals surface area contributed by atoms with E-state index in [4.69, 9.17) is 4.74 Å². The van der Waals surface area contributed by atoms with E-state index >= 15 is 0 Å². The van der Waals surface area contributed by atoms with E-state index < -0.39 is 0 Å². The maximum absolute atomic E-state index is 14.2. The summed E-state index contributed by atoms with van der Waals surface area (Å²) in [7, 11) is 0. The molecule has 1 N–H and O–H groups in total. The van der Waals surface area contributed by atoms with Crippen molar-refractivity contribution in [3.8, 4) is 16.9 Å². The fraction of sp³-hybridized carbons (Fsp3) is 0.118. The number of hydrogen-bond donors (Lipinski definition) is 1. The Balaban J connectivity index is 1.82. The zero-order valence-corrected chi connectivity index (χ0v) is 11.6. The quantitative estimate of drug-likeness (QED) is 0.772. The van der Waals surface area contributed by atoms with Crippen LogP contribution in [0.25, 0.3) is 11.1 Å². The van der Waals surface area contributed by atoms with E-state index in [1.54, 1.807) is 18.3 Å². The van der Waals surface area contributed by atoms with E-state index in [0.29, 0.717) is 11.3 Å². The number of aromatic nitrogens is 2. The van der Waals surface area contributed by atoms with Gasteiger partial charge in [0.1, 0.15) is 17.7 Å². The van der Waals surface area contributed by atoms with Gasteiger partial charge in [0.2, 0.25) is 0 Å². The molecule has 0 bridgehead atoms. The number of hydrogen-bond acceptors (Lipinski definition) is 2. The molecule has 0 spiro atoms. The molecule has 0 aliphatic carbocycles. The third-order valence-electron chi connectivity index (χ3n) is 3.30. The summed E-state index contributed by atoms with van der Waals surface area (Å²) in [6, 6.07) is 16.2. The van der Waals surface area contributed by atoms with Gasteiger partial charge in [-0.1, -0.05) is 30.3 Å². The third-order valence-corrected chi connectivity index (χ3v) is 3.30. The molecule has 1 aromatic heterocycles. The largest absolute Gasteiger partial charge is 0.484 e. The summed E-state index contributed by atoms with van der Waals surface area (Å²) in [6.07, 6.45) is 1.45. The molecule has 4 heteroatoms. The predicted octanol–water partition coefficient (Wildman–Crippen LogP) is 4.36. The molecule has 0 saturated heterocycles. The lowest BCUT2D eigenvalue weighted by atomic mass is 10.1. The van der Waals surface area contributed by atoms with Gasteiger partial charge >= 0.3 is 0 Å². The summed E-state index contributed by atoms with van der Waals surface area (Å²) in [5.41, 5.74) is 2.27. The number of nitrogens with zero attached hydrogens (tertiary/aromatic N) is 1. The van der Waals surface area contributed by atoms with E-state index in [2.05, 4.69) is 10.2 Å². The standard InChI is InChI=1S/C17H15FN2O/c1-12(17-9-10-19-20-17)21-14-7-8-15(16(18)11-14)13-5-3-2-4-6-13/h2-12H,1H3,(H,19,20). The van der Waals surface area contributed by atoms with Gasteiger partial charge in [0, 0.05) is 17.8 Å². The minimum Gasteiger partial charge on any atom is -0.484 e. The van der Waals surface area contributed by atoms with E-state index in [1.165, 1.54) is 6.07 Å². The van der Waals surface area contributed by atoms with Crippen LogP contribution < -0.4 is 4.74 Å². The molecular formula is C17H15FN2O. The van der Waals surface area contributed by atoms with Crippen molar-refractivity contribution in [2.24, 2.45) is 0 Å². The molecular weight excluding hydrogens is 267 g/mol. The van der Waals surface area contributed by atoms with Crippen LogP contribution in [0.2, 0.25) is 0 Å². The first-order chi connectivity index (χ1) is 10.2. The van der Waals surface area contributed by atoms with Crippen molar-refractivity contribution in [2.45, 2.75) is 13.0 Å². The van der Waals surface area contributed by atoms with Crippen LogP contribution in [-0.4, -0.2) is 10.2 Å². The van der Waals surface area contributed by atoms with Crippen LogP contribution in [0, 0.1) is 5.82 Å². The van der Waals surface area contributed by atoms with Crippen molar-refractivity contribution in [3.63, 3.8) is 0 Å². The first kappa shape index (κ1) is 13.4. The van der Waals surface area contributed by atoms with Crippen molar-refractivity contribution >= 4 is 0 Å². The highest BCUT2D eigenvalue weighted by Gasteiger charge is 2.11. The molecule has 0 fully saturated rings. The summed E-state index contributed by atoms with van der Waals surface area (Å²) in [5.74, 6) is 0.199. The van der Waals surface area contributed by atoms with Gasteiger partial charge in [0.05, 0.1) is 5.69 Å². The van der Waals surface area contributed by atoms with Crippen molar-refractivity contribution in [2.75, 3.05) is 0 Å². The molecule has 0 aliphatic rings. The molecule has 3 rings (SSSR count). The average molecular weight is 282 g/mol. The SMILES string of the molecule is CC(Oc1ccc(-c2ccccc2)c(F)c1)c1ccn[nH]1. The Morgan fingerprint density at radius 3 is 2.57 bits per heavy atom. The molecule has 0 radical (unpaired) electrons. The number of H-pyrrole nitrogens is 1. The van der Waals surface area contributed by atoms with Crippen molar-refractivity contribution in [1.82, 2.24) is 10.2 Å². The van der Waals surface area contributed by atoms with Crippen LogP contribution in [0.15, 0.2) is 60.8 Å². The summed E-state index contributed by atoms with van der Waals surface area (Å²) in [4.78, 5) is 0. The molecule has 0 aliphatic heterocycles.